The van der Waals surface area contributed by atoms with E-state index in [0.29, 0.717) is 13.0 Å². The maximum atomic E-state index is 10.1. The Hall–Kier alpha value is -0.570. The van der Waals surface area contributed by atoms with Crippen LogP contribution in [-0.4, -0.2) is 12.5 Å². The van der Waals surface area contributed by atoms with Crippen LogP contribution in [0.2, 0.25) is 0 Å². The zero-order valence-corrected chi connectivity index (χ0v) is 5.05. The topological polar surface area (TPSA) is 69.1 Å². The number of nitrogens with two attached hydrogens (primary N) is 2. The second-order valence-corrected chi connectivity index (χ2v) is 2.01. The lowest BCUT2D eigenvalue weighted by atomic mass is 10.1. The van der Waals surface area contributed by atoms with Crippen LogP contribution in [0.3, 0.4) is 0 Å². The fraction of sp³-hybridized carbons (Fsp3) is 0.800. The van der Waals surface area contributed by atoms with Gasteiger partial charge in [-0.25, -0.2) is 0 Å². The first-order chi connectivity index (χ1) is 3.66. The Kier molecular flexibility index (Phi) is 3.19. The van der Waals surface area contributed by atoms with Gasteiger partial charge in [-0.2, -0.15) is 0 Å². The molecule has 0 bridgehead atoms. The predicted molar refractivity (Wildman–Crippen MR) is 32.0 cm³/mol. The highest BCUT2D eigenvalue weighted by Crippen LogP contribution is 1.95. The Bertz CT molecular complexity index is 82.5. The maximum Gasteiger partial charge on any atom is 0.217 e. The minimum atomic E-state index is -0.275. The standard InChI is InChI=1S/C5H12N2O/c1-4(3-6)2-5(7)8/h4H,2-3,6H2,1H3,(H2,7,8). The molecule has 48 valence electrons. The largest absolute Gasteiger partial charge is 0.370 e. The zero-order valence-electron chi connectivity index (χ0n) is 5.05. The molecule has 1 atom stereocenters. The van der Waals surface area contributed by atoms with Gasteiger partial charge in [-0.1, -0.05) is 6.92 Å². The number of amides is 1. The summed E-state index contributed by atoms with van der Waals surface area (Å²) in [6.45, 7) is 2.42. The van der Waals surface area contributed by atoms with Crippen LogP contribution in [0.1, 0.15) is 13.3 Å². The predicted octanol–water partition coefficient (Wildman–Crippen LogP) is -0.543. The van der Waals surface area contributed by atoms with E-state index in [1.807, 2.05) is 6.92 Å². The molecule has 0 saturated heterocycles. The van der Waals surface area contributed by atoms with Gasteiger partial charge < -0.3 is 11.5 Å². The first-order valence-corrected chi connectivity index (χ1v) is 2.65. The Balaban J connectivity index is 3.24. The van der Waals surface area contributed by atoms with Gasteiger partial charge in [0, 0.05) is 6.42 Å². The van der Waals surface area contributed by atoms with E-state index in [1.54, 1.807) is 0 Å². The van der Waals surface area contributed by atoms with E-state index in [2.05, 4.69) is 0 Å². The molecule has 0 aliphatic rings. The lowest BCUT2D eigenvalue weighted by Gasteiger charge is -2.01. The summed E-state index contributed by atoms with van der Waals surface area (Å²) in [6.07, 6.45) is 0.399. The molecule has 0 aromatic rings. The monoisotopic (exact) mass is 116 g/mol. The molecule has 0 aliphatic heterocycles. The van der Waals surface area contributed by atoms with Crippen molar-refractivity contribution < 1.29 is 4.79 Å². The van der Waals surface area contributed by atoms with Gasteiger partial charge in [0.05, 0.1) is 0 Å². The number of primary amides is 1. The van der Waals surface area contributed by atoms with Crippen molar-refractivity contribution >= 4 is 5.91 Å². The van der Waals surface area contributed by atoms with E-state index in [4.69, 9.17) is 11.5 Å². The molecule has 8 heavy (non-hydrogen) atoms. The van der Waals surface area contributed by atoms with Crippen LogP contribution in [0.5, 0.6) is 0 Å². The van der Waals surface area contributed by atoms with E-state index >= 15 is 0 Å². The summed E-state index contributed by atoms with van der Waals surface area (Å²) in [5, 5.41) is 0. The average Bonchev–Trinajstić information content (AvgIpc) is 1.65. The molecule has 0 aromatic carbocycles. The number of rotatable bonds is 3. The highest BCUT2D eigenvalue weighted by molar-refractivity contribution is 5.73. The van der Waals surface area contributed by atoms with Crippen molar-refractivity contribution in [3.8, 4) is 0 Å². The van der Waals surface area contributed by atoms with Crippen molar-refractivity contribution in [2.75, 3.05) is 6.54 Å². The smallest absolute Gasteiger partial charge is 0.217 e. The summed E-state index contributed by atoms with van der Waals surface area (Å²) in [5.74, 6) is -0.0459. The number of carbonyl (C=O) groups is 1. The SMILES string of the molecule is CC(CN)CC(N)=O. The lowest BCUT2D eigenvalue weighted by molar-refractivity contribution is -0.118. The molecule has 0 aromatic heterocycles. The molecular formula is C5H12N2O. The van der Waals surface area contributed by atoms with Gasteiger partial charge in [0.2, 0.25) is 5.91 Å². The van der Waals surface area contributed by atoms with Crippen LogP contribution >= 0.6 is 0 Å². The van der Waals surface area contributed by atoms with E-state index in [1.165, 1.54) is 0 Å². The summed E-state index contributed by atoms with van der Waals surface area (Å²) < 4.78 is 0. The van der Waals surface area contributed by atoms with Crippen molar-refractivity contribution in [2.45, 2.75) is 13.3 Å². The summed E-state index contributed by atoms with van der Waals surface area (Å²) in [7, 11) is 0. The van der Waals surface area contributed by atoms with Crippen LogP contribution in [0.25, 0.3) is 0 Å². The molecule has 4 N–H and O–H groups in total. The molecule has 1 amide bonds. The number of hydrogen-bond acceptors (Lipinski definition) is 2. The molecule has 0 radical (unpaired) electrons. The first-order valence-electron chi connectivity index (χ1n) is 2.65. The third kappa shape index (κ3) is 3.61. The quantitative estimate of drug-likeness (QED) is 0.519. The van der Waals surface area contributed by atoms with E-state index in [-0.39, 0.29) is 11.8 Å². The second kappa shape index (κ2) is 3.43. The van der Waals surface area contributed by atoms with Gasteiger partial charge in [0.15, 0.2) is 0 Å². The average molecular weight is 116 g/mol. The minimum absolute atomic E-state index is 0.229. The van der Waals surface area contributed by atoms with Crippen molar-refractivity contribution in [1.82, 2.24) is 0 Å². The summed E-state index contributed by atoms with van der Waals surface area (Å²) in [6, 6.07) is 0. The van der Waals surface area contributed by atoms with Crippen molar-refractivity contribution in [3.05, 3.63) is 0 Å². The summed E-state index contributed by atoms with van der Waals surface area (Å²) >= 11 is 0. The highest BCUT2D eigenvalue weighted by atomic mass is 16.1. The highest BCUT2D eigenvalue weighted by Gasteiger charge is 2.01. The molecular weight excluding hydrogens is 104 g/mol. The molecule has 0 aliphatic carbocycles. The molecule has 3 nitrogen and oxygen atoms in total. The van der Waals surface area contributed by atoms with Gasteiger partial charge >= 0.3 is 0 Å². The molecule has 0 rings (SSSR count). The van der Waals surface area contributed by atoms with Crippen molar-refractivity contribution in [3.63, 3.8) is 0 Å². The maximum absolute atomic E-state index is 10.1. The van der Waals surface area contributed by atoms with Gasteiger partial charge in [-0.3, -0.25) is 4.79 Å². The first kappa shape index (κ1) is 7.43. The fourth-order valence-electron chi connectivity index (χ4n) is 0.427. The van der Waals surface area contributed by atoms with Gasteiger partial charge in [-0.15, -0.1) is 0 Å². The van der Waals surface area contributed by atoms with Crippen molar-refractivity contribution in [2.24, 2.45) is 17.4 Å². The minimum Gasteiger partial charge on any atom is -0.370 e. The normalized spacial score (nSPS) is 13.2. The van der Waals surface area contributed by atoms with E-state index in [0.717, 1.165) is 0 Å². The van der Waals surface area contributed by atoms with Gasteiger partial charge in [0.1, 0.15) is 0 Å². The molecule has 0 heterocycles. The third-order valence-electron chi connectivity index (χ3n) is 0.952. The second-order valence-electron chi connectivity index (χ2n) is 2.01. The van der Waals surface area contributed by atoms with E-state index < -0.39 is 0 Å². The Morgan fingerprint density at radius 1 is 1.75 bits per heavy atom. The van der Waals surface area contributed by atoms with Crippen LogP contribution < -0.4 is 11.5 Å². The Labute approximate surface area is 49.0 Å². The molecule has 1 unspecified atom stereocenters. The number of hydrogen-bond donors (Lipinski definition) is 2. The van der Waals surface area contributed by atoms with Crippen molar-refractivity contribution in [1.29, 1.82) is 0 Å². The molecule has 0 fully saturated rings. The van der Waals surface area contributed by atoms with E-state index in [9.17, 15) is 4.79 Å². The molecule has 0 saturated carbocycles. The molecule has 3 heteroatoms. The third-order valence-corrected chi connectivity index (χ3v) is 0.952. The summed E-state index contributed by atoms with van der Waals surface area (Å²) in [5.41, 5.74) is 10.1. The van der Waals surface area contributed by atoms with Gasteiger partial charge in [-0.05, 0) is 12.5 Å². The molecule has 0 spiro atoms. The Morgan fingerprint density at radius 3 is 2.38 bits per heavy atom. The zero-order chi connectivity index (χ0) is 6.57. The van der Waals surface area contributed by atoms with Gasteiger partial charge in [0.25, 0.3) is 0 Å². The van der Waals surface area contributed by atoms with Crippen LogP contribution in [0, 0.1) is 5.92 Å². The number of carbonyl (C=O) groups excluding carboxylic acids is 1. The lowest BCUT2D eigenvalue weighted by Crippen LogP contribution is -2.19. The van der Waals surface area contributed by atoms with Crippen LogP contribution in [0.4, 0.5) is 0 Å². The van der Waals surface area contributed by atoms with Crippen LogP contribution in [-0.2, 0) is 4.79 Å². The fourth-order valence-corrected chi connectivity index (χ4v) is 0.427. The van der Waals surface area contributed by atoms with Crippen LogP contribution in [0.15, 0.2) is 0 Å². The Morgan fingerprint density at radius 2 is 2.25 bits per heavy atom. The summed E-state index contributed by atoms with van der Waals surface area (Å²) in [4.78, 5) is 10.1.